The third kappa shape index (κ3) is 3.93. The van der Waals surface area contributed by atoms with Gasteiger partial charge in [-0.15, -0.1) is 0 Å². The zero-order valence-electron chi connectivity index (χ0n) is 11.1. The van der Waals surface area contributed by atoms with Crippen LogP contribution in [0.15, 0.2) is 53.4 Å². The summed E-state index contributed by atoms with van der Waals surface area (Å²) >= 11 is 0. The fourth-order valence-electron chi connectivity index (χ4n) is 1.68. The van der Waals surface area contributed by atoms with Crippen molar-refractivity contribution < 1.29 is 17.5 Å². The summed E-state index contributed by atoms with van der Waals surface area (Å²) in [6.45, 7) is 0.573. The molecule has 0 fully saturated rings. The fraction of sp³-hybridized carbons (Fsp3) is 0.143. The highest BCUT2D eigenvalue weighted by atomic mass is 32.2. The standard InChI is InChI=1S/C14H15FN2O3S/c15-11-4-3-5-12(10-11)21(18,19)17-13-6-1-2-7-14(13)20-9-8-16/h1-7,10,17H,8-9,16H2. The Morgan fingerprint density at radius 2 is 1.90 bits per heavy atom. The van der Waals surface area contributed by atoms with E-state index >= 15 is 0 Å². The molecule has 2 aromatic rings. The first-order chi connectivity index (χ1) is 10.0. The van der Waals surface area contributed by atoms with Crippen molar-refractivity contribution >= 4 is 15.7 Å². The van der Waals surface area contributed by atoms with Crippen LogP contribution in [-0.2, 0) is 10.0 Å². The van der Waals surface area contributed by atoms with Crippen molar-refractivity contribution in [1.82, 2.24) is 0 Å². The van der Waals surface area contributed by atoms with Crippen molar-refractivity contribution in [2.24, 2.45) is 5.73 Å². The highest BCUT2D eigenvalue weighted by Gasteiger charge is 2.16. The van der Waals surface area contributed by atoms with Gasteiger partial charge in [0.15, 0.2) is 0 Å². The van der Waals surface area contributed by atoms with Crippen LogP contribution in [-0.4, -0.2) is 21.6 Å². The molecule has 0 unspecified atom stereocenters. The van der Waals surface area contributed by atoms with Crippen LogP contribution in [0.3, 0.4) is 0 Å². The monoisotopic (exact) mass is 310 g/mol. The number of para-hydroxylation sites is 2. The Balaban J connectivity index is 2.29. The van der Waals surface area contributed by atoms with Crippen LogP contribution in [0.2, 0.25) is 0 Å². The quantitative estimate of drug-likeness (QED) is 0.854. The normalized spacial score (nSPS) is 11.1. The molecule has 7 heteroatoms. The smallest absolute Gasteiger partial charge is 0.262 e. The van der Waals surface area contributed by atoms with E-state index in [0.29, 0.717) is 12.3 Å². The molecule has 2 aromatic carbocycles. The van der Waals surface area contributed by atoms with Gasteiger partial charge in [-0.3, -0.25) is 4.72 Å². The third-order valence-corrected chi connectivity index (χ3v) is 3.98. The number of nitrogens with one attached hydrogen (secondary N) is 1. The van der Waals surface area contributed by atoms with E-state index in [1.54, 1.807) is 24.3 Å². The molecule has 0 amide bonds. The predicted molar refractivity (Wildman–Crippen MR) is 78.2 cm³/mol. The van der Waals surface area contributed by atoms with E-state index in [2.05, 4.69) is 4.72 Å². The van der Waals surface area contributed by atoms with Crippen LogP contribution in [0.5, 0.6) is 5.75 Å². The van der Waals surface area contributed by atoms with Gasteiger partial charge in [0.2, 0.25) is 0 Å². The second kappa shape index (κ2) is 6.55. The highest BCUT2D eigenvalue weighted by Crippen LogP contribution is 2.26. The molecule has 5 nitrogen and oxygen atoms in total. The van der Waals surface area contributed by atoms with Crippen LogP contribution in [0.25, 0.3) is 0 Å². The van der Waals surface area contributed by atoms with E-state index in [-0.39, 0.29) is 17.2 Å². The number of benzene rings is 2. The second-order valence-corrected chi connectivity index (χ2v) is 5.88. The Morgan fingerprint density at radius 3 is 2.62 bits per heavy atom. The third-order valence-electron chi connectivity index (χ3n) is 2.61. The van der Waals surface area contributed by atoms with Crippen molar-refractivity contribution in [2.45, 2.75) is 4.90 Å². The molecule has 0 aliphatic heterocycles. The second-order valence-electron chi connectivity index (χ2n) is 4.20. The number of ether oxygens (including phenoxy) is 1. The summed E-state index contributed by atoms with van der Waals surface area (Å²) < 4.78 is 45.3. The van der Waals surface area contributed by atoms with Crippen LogP contribution >= 0.6 is 0 Å². The lowest BCUT2D eigenvalue weighted by atomic mass is 10.3. The molecular formula is C14H15FN2O3S. The molecule has 0 saturated carbocycles. The summed E-state index contributed by atoms with van der Waals surface area (Å²) in [6, 6.07) is 11.3. The van der Waals surface area contributed by atoms with E-state index < -0.39 is 15.8 Å². The molecule has 0 atom stereocenters. The van der Waals surface area contributed by atoms with Gasteiger partial charge in [-0.05, 0) is 30.3 Å². The predicted octanol–water partition coefficient (Wildman–Crippen LogP) is 1.96. The summed E-state index contributed by atoms with van der Waals surface area (Å²) in [5.41, 5.74) is 5.63. The van der Waals surface area contributed by atoms with Crippen molar-refractivity contribution in [3.05, 3.63) is 54.3 Å². The molecule has 0 bridgehead atoms. The molecule has 0 aromatic heterocycles. The van der Waals surface area contributed by atoms with E-state index in [4.69, 9.17) is 10.5 Å². The van der Waals surface area contributed by atoms with Gasteiger partial charge in [-0.1, -0.05) is 18.2 Å². The van der Waals surface area contributed by atoms with E-state index in [0.717, 1.165) is 6.07 Å². The van der Waals surface area contributed by atoms with Crippen LogP contribution in [0.1, 0.15) is 0 Å². The number of hydrogen-bond acceptors (Lipinski definition) is 4. The average molecular weight is 310 g/mol. The first-order valence-electron chi connectivity index (χ1n) is 6.23. The maximum atomic E-state index is 13.2. The first kappa shape index (κ1) is 15.3. The minimum Gasteiger partial charge on any atom is -0.490 e. The molecule has 2 rings (SSSR count). The van der Waals surface area contributed by atoms with Gasteiger partial charge in [0.25, 0.3) is 10.0 Å². The zero-order chi connectivity index (χ0) is 15.3. The molecule has 112 valence electrons. The Morgan fingerprint density at radius 1 is 1.14 bits per heavy atom. The first-order valence-corrected chi connectivity index (χ1v) is 7.71. The van der Waals surface area contributed by atoms with E-state index in [1.807, 2.05) is 0 Å². The number of anilines is 1. The van der Waals surface area contributed by atoms with Gasteiger partial charge in [-0.2, -0.15) is 0 Å². The molecule has 0 aliphatic rings. The Bertz CT molecular complexity index is 720. The molecular weight excluding hydrogens is 295 g/mol. The minimum atomic E-state index is -3.88. The lowest BCUT2D eigenvalue weighted by molar-refractivity contribution is 0.330. The summed E-state index contributed by atoms with van der Waals surface area (Å²) in [6.07, 6.45) is 0. The Labute approximate surface area is 122 Å². The van der Waals surface area contributed by atoms with Gasteiger partial charge in [0.05, 0.1) is 10.6 Å². The SMILES string of the molecule is NCCOc1ccccc1NS(=O)(=O)c1cccc(F)c1. The van der Waals surface area contributed by atoms with Gasteiger partial charge in [-0.25, -0.2) is 12.8 Å². The topological polar surface area (TPSA) is 81.4 Å². The number of hydrogen-bond donors (Lipinski definition) is 2. The highest BCUT2D eigenvalue weighted by molar-refractivity contribution is 7.92. The molecule has 0 saturated heterocycles. The number of rotatable bonds is 6. The molecule has 3 N–H and O–H groups in total. The number of sulfonamides is 1. The molecule has 0 radical (unpaired) electrons. The average Bonchev–Trinajstić information content (AvgIpc) is 2.46. The van der Waals surface area contributed by atoms with Crippen molar-refractivity contribution in [1.29, 1.82) is 0 Å². The Hall–Kier alpha value is -2.12. The maximum Gasteiger partial charge on any atom is 0.262 e. The van der Waals surface area contributed by atoms with Gasteiger partial charge >= 0.3 is 0 Å². The van der Waals surface area contributed by atoms with E-state index in [1.165, 1.54) is 18.2 Å². The summed E-state index contributed by atoms with van der Waals surface area (Å²) in [5.74, 6) is -0.256. The van der Waals surface area contributed by atoms with Crippen molar-refractivity contribution in [3.8, 4) is 5.75 Å². The zero-order valence-corrected chi connectivity index (χ0v) is 11.9. The molecule has 0 heterocycles. The fourth-order valence-corrected chi connectivity index (χ4v) is 2.79. The maximum absolute atomic E-state index is 13.2. The van der Waals surface area contributed by atoms with Crippen molar-refractivity contribution in [2.75, 3.05) is 17.9 Å². The largest absolute Gasteiger partial charge is 0.490 e. The van der Waals surface area contributed by atoms with E-state index in [9.17, 15) is 12.8 Å². The van der Waals surface area contributed by atoms with Gasteiger partial charge in [0, 0.05) is 6.54 Å². The molecule has 21 heavy (non-hydrogen) atoms. The summed E-state index contributed by atoms with van der Waals surface area (Å²) in [7, 11) is -3.88. The Kier molecular flexibility index (Phi) is 4.77. The number of nitrogens with two attached hydrogens (primary N) is 1. The lowest BCUT2D eigenvalue weighted by Crippen LogP contribution is -2.15. The van der Waals surface area contributed by atoms with Crippen molar-refractivity contribution in [3.63, 3.8) is 0 Å². The minimum absolute atomic E-state index is 0.156. The van der Waals surface area contributed by atoms with Gasteiger partial charge in [0.1, 0.15) is 18.2 Å². The molecule has 0 spiro atoms. The summed E-state index contributed by atoms with van der Waals surface area (Å²) in [5, 5.41) is 0. The van der Waals surface area contributed by atoms with Crippen LogP contribution < -0.4 is 15.2 Å². The van der Waals surface area contributed by atoms with Gasteiger partial charge < -0.3 is 10.5 Å². The summed E-state index contributed by atoms with van der Waals surface area (Å²) in [4.78, 5) is -0.156. The van der Waals surface area contributed by atoms with Crippen LogP contribution in [0.4, 0.5) is 10.1 Å². The van der Waals surface area contributed by atoms with Crippen LogP contribution in [0, 0.1) is 5.82 Å². The lowest BCUT2D eigenvalue weighted by Gasteiger charge is -2.13. The number of halogens is 1. The molecule has 0 aliphatic carbocycles.